The summed E-state index contributed by atoms with van der Waals surface area (Å²) in [4.78, 5) is 4.35. The highest BCUT2D eigenvalue weighted by atomic mass is 32.1. The summed E-state index contributed by atoms with van der Waals surface area (Å²) in [5, 5.41) is 12.6. The summed E-state index contributed by atoms with van der Waals surface area (Å²) in [6.45, 7) is 5.81. The van der Waals surface area contributed by atoms with Crippen molar-refractivity contribution in [1.82, 2.24) is 29.4 Å². The number of aryl methyl sites for hydroxylation is 1. The molecule has 7 heteroatoms. The maximum Gasteiger partial charge on any atom is 0.194 e. The molecule has 0 bridgehead atoms. The lowest BCUT2D eigenvalue weighted by molar-refractivity contribution is 0.439. The molecule has 0 radical (unpaired) electrons. The van der Waals surface area contributed by atoms with Crippen molar-refractivity contribution in [2.75, 3.05) is 6.54 Å². The molecule has 84 valence electrons. The molecule has 0 saturated heterocycles. The first-order chi connectivity index (χ1) is 7.75. The van der Waals surface area contributed by atoms with E-state index in [1.54, 1.807) is 0 Å². The lowest BCUT2D eigenvalue weighted by Crippen LogP contribution is -2.32. The van der Waals surface area contributed by atoms with Crippen LogP contribution >= 0.6 is 11.5 Å². The molecular formula is C9H12N6S. The Morgan fingerprint density at radius 2 is 2.31 bits per heavy atom. The van der Waals surface area contributed by atoms with Gasteiger partial charge in [0.15, 0.2) is 10.8 Å². The Hall–Kier alpha value is -1.34. The molecule has 2 aromatic heterocycles. The molecule has 1 atom stereocenters. The zero-order valence-corrected chi connectivity index (χ0v) is 9.95. The first-order valence-electron chi connectivity index (χ1n) is 5.23. The van der Waals surface area contributed by atoms with E-state index in [2.05, 4.69) is 36.4 Å². The van der Waals surface area contributed by atoms with E-state index in [1.807, 2.05) is 6.92 Å². The van der Waals surface area contributed by atoms with Gasteiger partial charge >= 0.3 is 0 Å². The molecular weight excluding hydrogens is 224 g/mol. The third kappa shape index (κ3) is 1.43. The normalized spacial score (nSPS) is 19.8. The van der Waals surface area contributed by atoms with Crippen molar-refractivity contribution in [2.45, 2.75) is 26.4 Å². The second-order valence-corrected chi connectivity index (χ2v) is 4.61. The molecule has 1 unspecified atom stereocenters. The zero-order valence-electron chi connectivity index (χ0n) is 9.14. The molecule has 1 N–H and O–H groups in total. The Kier molecular flexibility index (Phi) is 2.22. The predicted octanol–water partition coefficient (Wildman–Crippen LogP) is 0.769. The summed E-state index contributed by atoms with van der Waals surface area (Å²) < 4.78 is 6.30. The molecule has 0 saturated carbocycles. The Morgan fingerprint density at radius 3 is 3.06 bits per heavy atom. The van der Waals surface area contributed by atoms with E-state index in [0.717, 1.165) is 35.6 Å². The molecule has 6 nitrogen and oxygen atoms in total. The van der Waals surface area contributed by atoms with E-state index in [4.69, 9.17) is 0 Å². The van der Waals surface area contributed by atoms with Gasteiger partial charge in [0.2, 0.25) is 0 Å². The number of fused-ring (bicyclic) bond motifs is 1. The smallest absolute Gasteiger partial charge is 0.194 e. The van der Waals surface area contributed by atoms with Crippen LogP contribution in [0.4, 0.5) is 0 Å². The SMILES string of the molecule is Cc1nsc(-c2nnc3n2CCNC3C)n1. The highest BCUT2D eigenvalue weighted by molar-refractivity contribution is 7.09. The van der Waals surface area contributed by atoms with Gasteiger partial charge in [0.25, 0.3) is 0 Å². The third-order valence-corrected chi connectivity index (χ3v) is 3.47. The minimum Gasteiger partial charge on any atom is -0.306 e. The van der Waals surface area contributed by atoms with Gasteiger partial charge in [-0.25, -0.2) is 4.98 Å². The highest BCUT2D eigenvalue weighted by Gasteiger charge is 2.23. The lowest BCUT2D eigenvalue weighted by Gasteiger charge is -2.21. The second-order valence-electron chi connectivity index (χ2n) is 3.86. The number of rotatable bonds is 1. The van der Waals surface area contributed by atoms with Gasteiger partial charge in [-0.2, -0.15) is 4.37 Å². The lowest BCUT2D eigenvalue weighted by atomic mass is 10.2. The van der Waals surface area contributed by atoms with E-state index in [9.17, 15) is 0 Å². The Morgan fingerprint density at radius 1 is 1.44 bits per heavy atom. The molecule has 0 spiro atoms. The number of hydrogen-bond acceptors (Lipinski definition) is 6. The van der Waals surface area contributed by atoms with Crippen LogP contribution in [0.2, 0.25) is 0 Å². The molecule has 3 rings (SSSR count). The Balaban J connectivity index is 2.09. The van der Waals surface area contributed by atoms with Crippen LogP contribution in [-0.2, 0) is 6.54 Å². The maximum absolute atomic E-state index is 4.35. The number of hydrogen-bond donors (Lipinski definition) is 1. The van der Waals surface area contributed by atoms with Crippen LogP contribution in [-0.4, -0.2) is 30.7 Å². The number of nitrogens with one attached hydrogen (secondary N) is 1. The predicted molar refractivity (Wildman–Crippen MR) is 60.1 cm³/mol. The van der Waals surface area contributed by atoms with Gasteiger partial charge in [-0.15, -0.1) is 10.2 Å². The number of aromatic nitrogens is 5. The van der Waals surface area contributed by atoms with E-state index in [0.29, 0.717) is 0 Å². The Bertz CT molecular complexity index is 516. The standard InChI is InChI=1S/C9H12N6S/c1-5-7-12-13-8(15(7)4-3-10-5)9-11-6(2)14-16-9/h5,10H,3-4H2,1-2H3. The molecule has 1 aliphatic heterocycles. The van der Waals surface area contributed by atoms with Gasteiger partial charge < -0.3 is 9.88 Å². The molecule has 3 heterocycles. The minimum absolute atomic E-state index is 0.254. The summed E-state index contributed by atoms with van der Waals surface area (Å²) in [5.74, 6) is 2.61. The van der Waals surface area contributed by atoms with E-state index >= 15 is 0 Å². The van der Waals surface area contributed by atoms with E-state index in [1.165, 1.54) is 11.5 Å². The summed E-state index contributed by atoms with van der Waals surface area (Å²) in [7, 11) is 0. The topological polar surface area (TPSA) is 68.5 Å². The highest BCUT2D eigenvalue weighted by Crippen LogP contribution is 2.24. The van der Waals surface area contributed by atoms with Gasteiger partial charge in [-0.05, 0) is 25.4 Å². The molecule has 16 heavy (non-hydrogen) atoms. The third-order valence-electron chi connectivity index (χ3n) is 2.67. The van der Waals surface area contributed by atoms with Crippen LogP contribution in [0.5, 0.6) is 0 Å². The van der Waals surface area contributed by atoms with Gasteiger partial charge in [0.1, 0.15) is 11.6 Å². The molecule has 2 aromatic rings. The van der Waals surface area contributed by atoms with Crippen LogP contribution in [0, 0.1) is 6.92 Å². The zero-order chi connectivity index (χ0) is 11.1. The van der Waals surface area contributed by atoms with Crippen molar-refractivity contribution in [3.8, 4) is 10.8 Å². The average molecular weight is 236 g/mol. The van der Waals surface area contributed by atoms with E-state index in [-0.39, 0.29) is 6.04 Å². The molecule has 1 aliphatic rings. The summed E-state index contributed by atoms with van der Waals surface area (Å²) >= 11 is 1.38. The van der Waals surface area contributed by atoms with Crippen molar-refractivity contribution < 1.29 is 0 Å². The first kappa shape index (κ1) is 9.86. The van der Waals surface area contributed by atoms with Crippen LogP contribution in [0.1, 0.15) is 24.6 Å². The minimum atomic E-state index is 0.254. The van der Waals surface area contributed by atoms with Crippen molar-refractivity contribution in [3.63, 3.8) is 0 Å². The second kappa shape index (κ2) is 3.60. The summed E-state index contributed by atoms with van der Waals surface area (Å²) in [6.07, 6.45) is 0. The number of nitrogens with zero attached hydrogens (tertiary/aromatic N) is 5. The average Bonchev–Trinajstić information content (AvgIpc) is 2.84. The first-order valence-corrected chi connectivity index (χ1v) is 6.00. The summed E-state index contributed by atoms with van der Waals surface area (Å²) in [6, 6.07) is 0.254. The molecule has 0 amide bonds. The van der Waals surface area contributed by atoms with Crippen LogP contribution in [0.15, 0.2) is 0 Å². The fraction of sp³-hybridized carbons (Fsp3) is 0.556. The van der Waals surface area contributed by atoms with Gasteiger partial charge in [-0.3, -0.25) is 0 Å². The van der Waals surface area contributed by atoms with Gasteiger partial charge in [0.05, 0.1) is 6.04 Å². The van der Waals surface area contributed by atoms with Crippen molar-refractivity contribution in [1.29, 1.82) is 0 Å². The monoisotopic (exact) mass is 236 g/mol. The fourth-order valence-corrected chi connectivity index (χ4v) is 2.55. The van der Waals surface area contributed by atoms with Gasteiger partial charge in [0, 0.05) is 13.1 Å². The fourth-order valence-electron chi connectivity index (χ4n) is 1.89. The van der Waals surface area contributed by atoms with Gasteiger partial charge in [-0.1, -0.05) is 0 Å². The Labute approximate surface area is 96.9 Å². The van der Waals surface area contributed by atoms with Crippen molar-refractivity contribution in [2.24, 2.45) is 0 Å². The molecule has 0 fully saturated rings. The van der Waals surface area contributed by atoms with Crippen molar-refractivity contribution >= 4 is 11.5 Å². The largest absolute Gasteiger partial charge is 0.306 e. The van der Waals surface area contributed by atoms with Crippen LogP contribution in [0.25, 0.3) is 10.8 Å². The molecule has 0 aliphatic carbocycles. The summed E-state index contributed by atoms with van der Waals surface area (Å²) in [5.41, 5.74) is 0. The maximum atomic E-state index is 4.35. The van der Waals surface area contributed by atoms with E-state index < -0.39 is 0 Å². The van der Waals surface area contributed by atoms with Crippen LogP contribution < -0.4 is 5.32 Å². The van der Waals surface area contributed by atoms with Crippen molar-refractivity contribution in [3.05, 3.63) is 11.6 Å². The van der Waals surface area contributed by atoms with Crippen LogP contribution in [0.3, 0.4) is 0 Å². The quantitative estimate of drug-likeness (QED) is 0.792. The molecule has 0 aromatic carbocycles.